The molecule has 0 aliphatic carbocycles. The summed E-state index contributed by atoms with van der Waals surface area (Å²) in [7, 11) is 0. The van der Waals surface area contributed by atoms with Crippen LogP contribution >= 0.6 is 0 Å². The Bertz CT molecular complexity index is 989. The van der Waals surface area contributed by atoms with Gasteiger partial charge in [0, 0.05) is 29.0 Å². The Balaban J connectivity index is 1.60. The molecular formula is C25H25F3O2. The molecule has 0 aromatic heterocycles. The van der Waals surface area contributed by atoms with E-state index in [1.54, 1.807) is 30.4 Å². The summed E-state index contributed by atoms with van der Waals surface area (Å²) in [6.07, 6.45) is 8.44. The van der Waals surface area contributed by atoms with Crippen molar-refractivity contribution < 1.29 is 22.6 Å². The lowest BCUT2D eigenvalue weighted by molar-refractivity contribution is 0.0250. The van der Waals surface area contributed by atoms with E-state index in [1.165, 1.54) is 0 Å². The molecule has 0 amide bonds. The fraction of sp³-hybridized carbons (Fsp3) is 0.360. The van der Waals surface area contributed by atoms with E-state index >= 15 is 0 Å². The normalized spacial score (nSPS) is 20.5. The van der Waals surface area contributed by atoms with Crippen molar-refractivity contribution in [2.45, 2.75) is 45.1 Å². The molecule has 0 bridgehead atoms. The van der Waals surface area contributed by atoms with Crippen LogP contribution in [0.4, 0.5) is 13.2 Å². The van der Waals surface area contributed by atoms with Crippen LogP contribution in [0.2, 0.25) is 0 Å². The topological polar surface area (TPSA) is 18.5 Å². The van der Waals surface area contributed by atoms with Crippen molar-refractivity contribution in [3.8, 4) is 11.5 Å². The van der Waals surface area contributed by atoms with Gasteiger partial charge in [-0.15, -0.1) is 6.58 Å². The van der Waals surface area contributed by atoms with Crippen LogP contribution < -0.4 is 4.74 Å². The molecule has 0 radical (unpaired) electrons. The van der Waals surface area contributed by atoms with Crippen molar-refractivity contribution in [1.82, 2.24) is 0 Å². The summed E-state index contributed by atoms with van der Waals surface area (Å²) in [5.74, 6) is -2.47. The molecular weight excluding hydrogens is 389 g/mol. The number of fused-ring (bicyclic) bond motifs is 2. The van der Waals surface area contributed by atoms with Crippen LogP contribution in [0.25, 0.3) is 6.08 Å². The number of benzene rings is 2. The molecule has 5 heteroatoms. The third-order valence-electron chi connectivity index (χ3n) is 5.80. The molecule has 30 heavy (non-hydrogen) atoms. The monoisotopic (exact) mass is 414 g/mol. The van der Waals surface area contributed by atoms with Gasteiger partial charge in [-0.3, -0.25) is 0 Å². The van der Waals surface area contributed by atoms with Gasteiger partial charge in [-0.2, -0.15) is 4.39 Å². The van der Waals surface area contributed by atoms with Crippen LogP contribution in [0.15, 0.2) is 36.9 Å². The van der Waals surface area contributed by atoms with E-state index in [4.69, 9.17) is 9.47 Å². The summed E-state index contributed by atoms with van der Waals surface area (Å²) < 4.78 is 55.5. The van der Waals surface area contributed by atoms with Crippen LogP contribution in [0.3, 0.4) is 0 Å². The number of hydrogen-bond donors (Lipinski definition) is 0. The third-order valence-corrected chi connectivity index (χ3v) is 5.80. The summed E-state index contributed by atoms with van der Waals surface area (Å²) in [5, 5.41) is 0. The minimum Gasteiger partial charge on any atom is -0.450 e. The van der Waals surface area contributed by atoms with Crippen LogP contribution in [-0.2, 0) is 17.6 Å². The second-order valence-corrected chi connectivity index (χ2v) is 7.94. The van der Waals surface area contributed by atoms with Gasteiger partial charge in [0.1, 0.15) is 0 Å². The second kappa shape index (κ2) is 8.68. The lowest BCUT2D eigenvalue weighted by Crippen LogP contribution is -2.23. The standard InChI is InChI=1S/C25H25F3O2/c1-3-5-16-7-8-18-13-19-12-17(9-11-20-10-6-15(4-2)14-29-20)21(26)23(28)25(19)30-24(18)22(16)27/h4,7-9,11-12,15,20H,2-3,5-6,10,13-14H2,1H3/b11-9+. The SMILES string of the molecule is C=CC1CCC(/C=C/c2cc3c(c(F)c2F)Oc2c(ccc(CCC)c2F)C3)OC1. The molecule has 2 aromatic rings. The third kappa shape index (κ3) is 3.91. The Kier molecular flexibility index (Phi) is 6.00. The van der Waals surface area contributed by atoms with Crippen LogP contribution in [-0.4, -0.2) is 12.7 Å². The molecule has 2 aromatic carbocycles. The van der Waals surface area contributed by atoms with Gasteiger partial charge in [0.2, 0.25) is 5.82 Å². The van der Waals surface area contributed by atoms with Crippen LogP contribution in [0.5, 0.6) is 11.5 Å². The molecule has 1 fully saturated rings. The first-order valence-corrected chi connectivity index (χ1v) is 10.4. The van der Waals surface area contributed by atoms with Gasteiger partial charge >= 0.3 is 0 Å². The summed E-state index contributed by atoms with van der Waals surface area (Å²) >= 11 is 0. The zero-order valence-electron chi connectivity index (χ0n) is 17.0. The van der Waals surface area contributed by atoms with Gasteiger partial charge in [0.25, 0.3) is 0 Å². The van der Waals surface area contributed by atoms with Gasteiger partial charge in [-0.1, -0.05) is 43.7 Å². The molecule has 0 spiro atoms. The molecule has 0 saturated carbocycles. The highest BCUT2D eigenvalue weighted by atomic mass is 19.2. The average Bonchev–Trinajstić information content (AvgIpc) is 2.77. The van der Waals surface area contributed by atoms with Crippen molar-refractivity contribution in [2.24, 2.45) is 5.92 Å². The Hall–Kier alpha value is -2.53. The maximum Gasteiger partial charge on any atom is 0.202 e. The van der Waals surface area contributed by atoms with Gasteiger partial charge in [-0.25, -0.2) is 8.78 Å². The lowest BCUT2D eigenvalue weighted by atomic mass is 9.95. The van der Waals surface area contributed by atoms with Gasteiger partial charge in [0.15, 0.2) is 23.1 Å². The lowest BCUT2D eigenvalue weighted by Gasteiger charge is -2.25. The zero-order chi connectivity index (χ0) is 21.3. The van der Waals surface area contributed by atoms with Crippen LogP contribution in [0, 0.1) is 23.4 Å². The van der Waals surface area contributed by atoms with Gasteiger partial charge in [0.05, 0.1) is 12.7 Å². The minimum absolute atomic E-state index is 0.00224. The Morgan fingerprint density at radius 3 is 2.57 bits per heavy atom. The Labute approximate surface area is 175 Å². The fourth-order valence-electron chi connectivity index (χ4n) is 4.04. The van der Waals surface area contributed by atoms with E-state index in [0.29, 0.717) is 35.6 Å². The van der Waals surface area contributed by atoms with Crippen molar-refractivity contribution >= 4 is 6.08 Å². The number of aryl methyl sites for hydroxylation is 1. The van der Waals surface area contributed by atoms with E-state index in [1.807, 2.05) is 13.0 Å². The quantitative estimate of drug-likeness (QED) is 0.430. The van der Waals surface area contributed by atoms with Crippen molar-refractivity contribution in [3.63, 3.8) is 0 Å². The number of hydrogen-bond acceptors (Lipinski definition) is 2. The van der Waals surface area contributed by atoms with Gasteiger partial charge in [-0.05, 0) is 30.9 Å². The summed E-state index contributed by atoms with van der Waals surface area (Å²) in [6, 6.07) is 5.11. The highest BCUT2D eigenvalue weighted by molar-refractivity contribution is 5.59. The molecule has 2 aliphatic rings. The summed E-state index contributed by atoms with van der Waals surface area (Å²) in [4.78, 5) is 0. The largest absolute Gasteiger partial charge is 0.450 e. The van der Waals surface area contributed by atoms with E-state index < -0.39 is 17.5 Å². The highest BCUT2D eigenvalue weighted by Crippen LogP contribution is 2.42. The van der Waals surface area contributed by atoms with Crippen molar-refractivity contribution in [3.05, 3.63) is 76.6 Å². The predicted octanol–water partition coefficient (Wildman–Crippen LogP) is 6.75. The van der Waals surface area contributed by atoms with E-state index in [9.17, 15) is 13.2 Å². The smallest absolute Gasteiger partial charge is 0.202 e. The van der Waals surface area contributed by atoms with E-state index in [0.717, 1.165) is 19.3 Å². The molecule has 2 nitrogen and oxygen atoms in total. The first kappa shape index (κ1) is 20.7. The molecule has 2 atom stereocenters. The minimum atomic E-state index is -1.09. The number of ether oxygens (including phenoxy) is 2. The molecule has 2 unspecified atom stereocenters. The maximum atomic E-state index is 14.8. The zero-order valence-corrected chi connectivity index (χ0v) is 17.0. The number of rotatable bonds is 5. The molecule has 158 valence electrons. The summed E-state index contributed by atoms with van der Waals surface area (Å²) in [5.41, 5.74) is 1.79. The van der Waals surface area contributed by atoms with E-state index in [-0.39, 0.29) is 29.6 Å². The number of halogens is 3. The van der Waals surface area contributed by atoms with Crippen molar-refractivity contribution in [1.29, 1.82) is 0 Å². The van der Waals surface area contributed by atoms with E-state index in [2.05, 4.69) is 6.58 Å². The highest BCUT2D eigenvalue weighted by Gasteiger charge is 2.28. The van der Waals surface area contributed by atoms with Gasteiger partial charge < -0.3 is 9.47 Å². The van der Waals surface area contributed by atoms with Crippen molar-refractivity contribution in [2.75, 3.05) is 6.61 Å². The second-order valence-electron chi connectivity index (χ2n) is 7.94. The van der Waals surface area contributed by atoms with Crippen LogP contribution in [0.1, 0.15) is 48.4 Å². The fourth-order valence-corrected chi connectivity index (χ4v) is 4.04. The first-order valence-electron chi connectivity index (χ1n) is 10.4. The molecule has 4 rings (SSSR count). The predicted molar refractivity (Wildman–Crippen MR) is 111 cm³/mol. The molecule has 2 heterocycles. The Morgan fingerprint density at radius 2 is 1.87 bits per heavy atom. The molecule has 1 saturated heterocycles. The summed E-state index contributed by atoms with van der Waals surface area (Å²) in [6.45, 7) is 6.31. The maximum absolute atomic E-state index is 14.8. The molecule has 2 aliphatic heterocycles. The first-order chi connectivity index (χ1) is 14.5. The average molecular weight is 414 g/mol. The Morgan fingerprint density at radius 1 is 1.07 bits per heavy atom. The molecule has 0 N–H and O–H groups in total.